The minimum absolute atomic E-state index is 0.733. The van der Waals surface area contributed by atoms with Crippen molar-refractivity contribution in [2.45, 2.75) is 39.3 Å². The first-order valence-corrected chi connectivity index (χ1v) is 6.34. The smallest absolute Gasteiger partial charge is 0.0739 e. The first kappa shape index (κ1) is 11.1. The topological polar surface area (TPSA) is 29.9 Å². The Balaban J connectivity index is 1.94. The molecule has 1 aromatic heterocycles. The molecule has 2 rings (SSSR count). The van der Waals surface area contributed by atoms with E-state index in [9.17, 15) is 0 Å². The van der Waals surface area contributed by atoms with Crippen LogP contribution in [-0.4, -0.2) is 15.8 Å². The van der Waals surface area contributed by atoms with Gasteiger partial charge in [0.1, 0.15) is 0 Å². The quantitative estimate of drug-likeness (QED) is 0.912. The SMILES string of the molecule is CCC1CC1NCc1c(Br)c(C)nn1C. The van der Waals surface area contributed by atoms with Gasteiger partial charge in [-0.15, -0.1) is 0 Å². The zero-order valence-electron chi connectivity index (χ0n) is 9.55. The normalized spacial score (nSPS) is 24.5. The van der Waals surface area contributed by atoms with Crippen LogP contribution in [0.5, 0.6) is 0 Å². The lowest BCUT2D eigenvalue weighted by molar-refractivity contribution is 0.587. The van der Waals surface area contributed by atoms with Gasteiger partial charge < -0.3 is 5.32 Å². The van der Waals surface area contributed by atoms with E-state index < -0.39 is 0 Å². The van der Waals surface area contributed by atoms with Crippen LogP contribution >= 0.6 is 15.9 Å². The number of halogens is 1. The Kier molecular flexibility index (Phi) is 3.16. The molecule has 1 heterocycles. The zero-order valence-corrected chi connectivity index (χ0v) is 11.1. The van der Waals surface area contributed by atoms with Crippen LogP contribution in [0.25, 0.3) is 0 Å². The maximum absolute atomic E-state index is 4.38. The average Bonchev–Trinajstić information content (AvgIpc) is 2.91. The van der Waals surface area contributed by atoms with Crippen LogP contribution in [0.4, 0.5) is 0 Å². The van der Waals surface area contributed by atoms with E-state index in [1.807, 2.05) is 18.7 Å². The Labute approximate surface area is 99.4 Å². The molecule has 1 fully saturated rings. The fourth-order valence-electron chi connectivity index (χ4n) is 2.05. The summed E-state index contributed by atoms with van der Waals surface area (Å²) in [5, 5.41) is 7.96. The predicted octanol–water partition coefficient (Wildman–Crippen LogP) is 2.38. The molecule has 2 atom stereocenters. The third kappa shape index (κ3) is 2.26. The lowest BCUT2D eigenvalue weighted by Crippen LogP contribution is -2.19. The molecule has 0 radical (unpaired) electrons. The first-order chi connectivity index (χ1) is 7.13. The standard InChI is InChI=1S/C11H18BrN3/c1-4-8-5-9(8)13-6-10-11(12)7(2)14-15(10)3/h8-9,13H,4-6H2,1-3H3. The monoisotopic (exact) mass is 271 g/mol. The molecule has 15 heavy (non-hydrogen) atoms. The summed E-state index contributed by atoms with van der Waals surface area (Å²) in [5.41, 5.74) is 2.31. The summed E-state index contributed by atoms with van der Waals surface area (Å²) in [6.45, 7) is 5.20. The molecule has 0 bridgehead atoms. The van der Waals surface area contributed by atoms with E-state index >= 15 is 0 Å². The fourth-order valence-corrected chi connectivity index (χ4v) is 2.52. The molecule has 2 unspecified atom stereocenters. The van der Waals surface area contributed by atoms with Crippen LogP contribution < -0.4 is 5.32 Å². The molecular formula is C11H18BrN3. The second-order valence-corrected chi connectivity index (χ2v) is 5.15. The van der Waals surface area contributed by atoms with Gasteiger partial charge in [-0.2, -0.15) is 5.10 Å². The van der Waals surface area contributed by atoms with E-state index in [1.54, 1.807) is 0 Å². The molecule has 1 N–H and O–H groups in total. The summed E-state index contributed by atoms with van der Waals surface area (Å²) in [6, 6.07) is 0.733. The Hall–Kier alpha value is -0.350. The van der Waals surface area contributed by atoms with Gasteiger partial charge in [0.15, 0.2) is 0 Å². The number of rotatable bonds is 4. The minimum Gasteiger partial charge on any atom is -0.308 e. The Bertz CT molecular complexity index is 359. The lowest BCUT2D eigenvalue weighted by Gasteiger charge is -2.05. The summed E-state index contributed by atoms with van der Waals surface area (Å²) in [6.07, 6.45) is 2.63. The number of nitrogens with zero attached hydrogens (tertiary/aromatic N) is 2. The van der Waals surface area contributed by atoms with Crippen molar-refractivity contribution in [3.05, 3.63) is 15.9 Å². The van der Waals surface area contributed by atoms with Crippen molar-refractivity contribution in [2.75, 3.05) is 0 Å². The number of aryl methyl sites for hydroxylation is 2. The maximum Gasteiger partial charge on any atom is 0.0739 e. The summed E-state index contributed by atoms with van der Waals surface area (Å²) in [5.74, 6) is 0.901. The van der Waals surface area contributed by atoms with E-state index in [0.29, 0.717) is 0 Å². The maximum atomic E-state index is 4.38. The summed E-state index contributed by atoms with van der Waals surface area (Å²) < 4.78 is 3.10. The molecule has 4 heteroatoms. The summed E-state index contributed by atoms with van der Waals surface area (Å²) in [4.78, 5) is 0. The van der Waals surface area contributed by atoms with E-state index in [2.05, 4.69) is 33.3 Å². The molecule has 1 saturated carbocycles. The van der Waals surface area contributed by atoms with Crippen molar-refractivity contribution in [3.8, 4) is 0 Å². The Morgan fingerprint density at radius 3 is 2.80 bits per heavy atom. The summed E-state index contributed by atoms with van der Waals surface area (Å²) in [7, 11) is 2.00. The molecule has 84 valence electrons. The largest absolute Gasteiger partial charge is 0.308 e. The van der Waals surface area contributed by atoms with E-state index in [4.69, 9.17) is 0 Å². The minimum atomic E-state index is 0.733. The number of hydrogen-bond donors (Lipinski definition) is 1. The highest BCUT2D eigenvalue weighted by Crippen LogP contribution is 2.33. The van der Waals surface area contributed by atoms with Crippen molar-refractivity contribution >= 4 is 15.9 Å². The van der Waals surface area contributed by atoms with Crippen molar-refractivity contribution in [2.24, 2.45) is 13.0 Å². The van der Waals surface area contributed by atoms with Crippen molar-refractivity contribution in [3.63, 3.8) is 0 Å². The third-order valence-corrected chi connectivity index (χ3v) is 4.27. The molecule has 1 aromatic rings. The lowest BCUT2D eigenvalue weighted by atomic mass is 10.3. The molecule has 0 saturated heterocycles. The van der Waals surface area contributed by atoms with Gasteiger partial charge in [-0.05, 0) is 35.2 Å². The van der Waals surface area contributed by atoms with E-state index in [-0.39, 0.29) is 0 Å². The molecule has 1 aliphatic rings. The highest BCUT2D eigenvalue weighted by molar-refractivity contribution is 9.10. The predicted molar refractivity (Wildman–Crippen MR) is 64.7 cm³/mol. The van der Waals surface area contributed by atoms with Gasteiger partial charge in [0.2, 0.25) is 0 Å². The van der Waals surface area contributed by atoms with Crippen LogP contribution in [-0.2, 0) is 13.6 Å². The highest BCUT2D eigenvalue weighted by Gasteiger charge is 2.34. The van der Waals surface area contributed by atoms with Gasteiger partial charge in [-0.25, -0.2) is 0 Å². The fraction of sp³-hybridized carbons (Fsp3) is 0.727. The Morgan fingerprint density at radius 2 is 2.33 bits per heavy atom. The van der Waals surface area contributed by atoms with Crippen LogP contribution in [0.2, 0.25) is 0 Å². The van der Waals surface area contributed by atoms with Crippen molar-refractivity contribution < 1.29 is 0 Å². The van der Waals surface area contributed by atoms with Crippen molar-refractivity contribution in [1.82, 2.24) is 15.1 Å². The Morgan fingerprint density at radius 1 is 1.60 bits per heavy atom. The second kappa shape index (κ2) is 4.26. The van der Waals surface area contributed by atoms with Gasteiger partial charge >= 0.3 is 0 Å². The van der Waals surface area contributed by atoms with Crippen LogP contribution in [0.1, 0.15) is 31.2 Å². The summed E-state index contributed by atoms with van der Waals surface area (Å²) >= 11 is 3.58. The van der Waals surface area contributed by atoms with Crippen LogP contribution in [0, 0.1) is 12.8 Å². The second-order valence-electron chi connectivity index (χ2n) is 4.36. The highest BCUT2D eigenvalue weighted by atomic mass is 79.9. The van der Waals surface area contributed by atoms with Crippen molar-refractivity contribution in [1.29, 1.82) is 0 Å². The van der Waals surface area contributed by atoms with Gasteiger partial charge in [-0.1, -0.05) is 13.3 Å². The molecule has 1 aliphatic carbocycles. The van der Waals surface area contributed by atoms with Crippen LogP contribution in [0.15, 0.2) is 4.47 Å². The van der Waals surface area contributed by atoms with E-state index in [0.717, 1.165) is 28.7 Å². The zero-order chi connectivity index (χ0) is 11.0. The van der Waals surface area contributed by atoms with E-state index in [1.165, 1.54) is 18.5 Å². The molecular weight excluding hydrogens is 254 g/mol. The molecule has 0 aromatic carbocycles. The number of hydrogen-bond acceptors (Lipinski definition) is 2. The average molecular weight is 272 g/mol. The molecule has 0 aliphatic heterocycles. The molecule has 0 amide bonds. The van der Waals surface area contributed by atoms with Gasteiger partial charge in [0.25, 0.3) is 0 Å². The number of aromatic nitrogens is 2. The first-order valence-electron chi connectivity index (χ1n) is 5.54. The van der Waals surface area contributed by atoms with Gasteiger partial charge in [0, 0.05) is 19.6 Å². The molecule has 3 nitrogen and oxygen atoms in total. The molecule has 0 spiro atoms. The van der Waals surface area contributed by atoms with Crippen LogP contribution in [0.3, 0.4) is 0 Å². The van der Waals surface area contributed by atoms with Gasteiger partial charge in [0.05, 0.1) is 15.9 Å². The number of nitrogens with one attached hydrogen (secondary N) is 1. The third-order valence-electron chi connectivity index (χ3n) is 3.24. The van der Waals surface area contributed by atoms with Gasteiger partial charge in [-0.3, -0.25) is 4.68 Å².